The number of ether oxygens (including phenoxy) is 1. The Kier molecular flexibility index (Phi) is 11.9. The predicted octanol–water partition coefficient (Wildman–Crippen LogP) is 9.62. The van der Waals surface area contributed by atoms with Gasteiger partial charge in [0.25, 0.3) is 0 Å². The molecule has 3 aliphatic carbocycles. The Hall–Kier alpha value is -0.580. The lowest BCUT2D eigenvalue weighted by molar-refractivity contribution is -0.612. The van der Waals surface area contributed by atoms with Gasteiger partial charge in [0.2, 0.25) is 6.04 Å². The van der Waals surface area contributed by atoms with Crippen LogP contribution in [-0.2, 0) is 9.53 Å². The number of esters is 1. The summed E-state index contributed by atoms with van der Waals surface area (Å²) in [6, 6.07) is 0.178. The van der Waals surface area contributed by atoms with Crippen LogP contribution >= 0.6 is 11.8 Å². The van der Waals surface area contributed by atoms with Gasteiger partial charge >= 0.3 is 5.97 Å². The van der Waals surface area contributed by atoms with Gasteiger partial charge in [0, 0.05) is 35.4 Å². The summed E-state index contributed by atoms with van der Waals surface area (Å²) in [4.78, 5) is 25.0. The maximum Gasteiger partial charge on any atom is 0.305 e. The van der Waals surface area contributed by atoms with Gasteiger partial charge < -0.3 is 4.74 Å². The largest absolute Gasteiger partial charge is 0.465 e. The Morgan fingerprint density at radius 1 is 0.825 bits per heavy atom. The van der Waals surface area contributed by atoms with Gasteiger partial charge in [-0.05, 0) is 96.9 Å². The Morgan fingerprint density at radius 3 is 2.15 bits per heavy atom. The lowest BCUT2D eigenvalue weighted by atomic mass is 9.45. The smallest absolute Gasteiger partial charge is 0.305 e. The van der Waals surface area contributed by atoms with Crippen molar-refractivity contribution < 1.29 is 14.3 Å². The van der Waals surface area contributed by atoms with Crippen LogP contribution in [0.5, 0.6) is 0 Å². The number of unbranched alkanes of at least 4 members (excludes halogenated alkanes) is 8. The van der Waals surface area contributed by atoms with Gasteiger partial charge in [0.05, 0.1) is 6.61 Å². The molecule has 230 valence electrons. The van der Waals surface area contributed by atoms with Crippen molar-refractivity contribution in [2.75, 3.05) is 18.9 Å². The summed E-state index contributed by atoms with van der Waals surface area (Å²) in [6.45, 7) is 13.2. The van der Waals surface area contributed by atoms with Crippen LogP contribution in [0.2, 0.25) is 0 Å². The maximum absolute atomic E-state index is 12.6. The molecule has 0 bridgehead atoms. The highest BCUT2D eigenvalue weighted by molar-refractivity contribution is 7.99. The lowest BCUT2D eigenvalue weighted by Crippen LogP contribution is -2.58. The van der Waals surface area contributed by atoms with Crippen molar-refractivity contribution in [3.8, 4) is 0 Å². The third kappa shape index (κ3) is 7.49. The zero-order valence-electron chi connectivity index (χ0n) is 26.8. The van der Waals surface area contributed by atoms with Gasteiger partial charge in [-0.2, -0.15) is 11.8 Å². The number of fused-ring (bicyclic) bond motifs is 5. The first-order chi connectivity index (χ1) is 19.2. The molecule has 3 unspecified atom stereocenters. The van der Waals surface area contributed by atoms with E-state index in [1.54, 1.807) is 0 Å². The molecule has 0 aromatic rings. The summed E-state index contributed by atoms with van der Waals surface area (Å²) >= 11 is 2.09. The first kappa shape index (κ1) is 32.3. The first-order valence-electron chi connectivity index (χ1n) is 17.4. The van der Waals surface area contributed by atoms with Crippen molar-refractivity contribution in [3.63, 3.8) is 0 Å². The van der Waals surface area contributed by atoms with Crippen LogP contribution in [0.1, 0.15) is 144 Å². The molecule has 8 atom stereocenters. The van der Waals surface area contributed by atoms with Crippen molar-refractivity contribution in [1.82, 2.24) is 0 Å². The zero-order chi connectivity index (χ0) is 28.8. The van der Waals surface area contributed by atoms with Gasteiger partial charge in [-0.25, -0.2) is 0 Å². The number of hydrogen-bond acceptors (Lipinski definition) is 4. The molecule has 0 spiro atoms. The fraction of sp³-hybridized carbons (Fsp3) is 0.971. The van der Waals surface area contributed by atoms with Crippen LogP contribution in [-0.4, -0.2) is 40.9 Å². The molecule has 0 radical (unpaired) electrons. The van der Waals surface area contributed by atoms with E-state index in [2.05, 4.69) is 46.4 Å². The molecule has 0 amide bonds. The summed E-state index contributed by atoms with van der Waals surface area (Å²) in [5.74, 6) is 4.78. The second-order valence-electron chi connectivity index (χ2n) is 15.1. The fourth-order valence-corrected chi connectivity index (χ4v) is 10.8. The Bertz CT molecular complexity index is 831. The monoisotopic (exact) mass is 576 g/mol. The molecule has 0 aromatic carbocycles. The van der Waals surface area contributed by atoms with Crippen LogP contribution < -0.4 is 0 Å². The highest BCUT2D eigenvalue weighted by atomic mass is 32.2. The number of nitrogens with zero attached hydrogens (tertiary/aromatic N) is 1. The predicted molar refractivity (Wildman–Crippen MR) is 169 cm³/mol. The topological polar surface area (TPSA) is 46.4 Å². The third-order valence-corrected chi connectivity index (χ3v) is 13.7. The average Bonchev–Trinajstić information content (AvgIpc) is 3.26. The molecule has 0 N–H and O–H groups in total. The van der Waals surface area contributed by atoms with E-state index in [0.29, 0.717) is 35.7 Å². The molecular weight excluding hydrogens is 514 g/mol. The van der Waals surface area contributed by atoms with E-state index < -0.39 is 0 Å². The van der Waals surface area contributed by atoms with E-state index in [9.17, 15) is 9.70 Å². The van der Waals surface area contributed by atoms with Crippen LogP contribution in [0.15, 0.2) is 0 Å². The number of rotatable bonds is 15. The second-order valence-corrected chi connectivity index (χ2v) is 16.7. The quantitative estimate of drug-likeness (QED) is 0.111. The molecule has 1 heterocycles. The molecule has 4 nitrogen and oxygen atoms in total. The van der Waals surface area contributed by atoms with Gasteiger partial charge in [0.1, 0.15) is 0 Å². The fourth-order valence-electron chi connectivity index (χ4n) is 9.98. The Balaban J connectivity index is 1.11. The van der Waals surface area contributed by atoms with E-state index in [0.717, 1.165) is 48.8 Å². The second kappa shape index (κ2) is 14.7. The van der Waals surface area contributed by atoms with E-state index in [1.807, 2.05) is 0 Å². The van der Waals surface area contributed by atoms with E-state index >= 15 is 0 Å². The molecule has 5 heteroatoms. The number of carbonyl (C=O) groups excluding carboxylic acids is 1. The van der Waals surface area contributed by atoms with Crippen molar-refractivity contribution in [2.24, 2.45) is 40.4 Å². The molecule has 4 aliphatic rings. The molecule has 1 saturated heterocycles. The number of thioether (sulfide) groups is 1. The summed E-state index contributed by atoms with van der Waals surface area (Å²) in [5, 5.41) is 0.768. The van der Waals surface area contributed by atoms with Crippen molar-refractivity contribution in [1.29, 1.82) is 0 Å². The molecule has 1 aliphatic heterocycles. The molecular formula is C35H62NO3S+. The zero-order valence-corrected chi connectivity index (χ0v) is 27.6. The summed E-state index contributed by atoms with van der Waals surface area (Å²) in [5.41, 5.74) is 0.657. The summed E-state index contributed by atoms with van der Waals surface area (Å²) in [6.07, 6.45) is 20.9. The van der Waals surface area contributed by atoms with Crippen molar-refractivity contribution in [2.45, 2.75) is 155 Å². The highest BCUT2D eigenvalue weighted by Crippen LogP contribution is 2.67. The van der Waals surface area contributed by atoms with E-state index in [1.165, 1.54) is 94.0 Å². The van der Waals surface area contributed by atoms with Gasteiger partial charge in [0.15, 0.2) is 6.54 Å². The first-order valence-corrected chi connectivity index (χ1v) is 18.4. The molecule has 0 aromatic heterocycles. The van der Waals surface area contributed by atoms with Crippen LogP contribution in [0.4, 0.5) is 0 Å². The van der Waals surface area contributed by atoms with Gasteiger partial charge in [-0.15, -0.1) is 0 Å². The Morgan fingerprint density at radius 2 is 1.45 bits per heavy atom. The molecule has 3 saturated carbocycles. The van der Waals surface area contributed by atoms with Crippen molar-refractivity contribution >= 4 is 17.7 Å². The molecule has 4 rings (SSSR count). The number of nitroso groups, excluding NO2 is 1. The van der Waals surface area contributed by atoms with Crippen LogP contribution in [0, 0.1) is 45.3 Å². The van der Waals surface area contributed by atoms with Crippen LogP contribution in [0.3, 0.4) is 0 Å². The van der Waals surface area contributed by atoms with E-state index in [4.69, 9.17) is 4.74 Å². The molecule has 4 fully saturated rings. The lowest BCUT2D eigenvalue weighted by Gasteiger charge is -2.59. The minimum atomic E-state index is 0.0337. The summed E-state index contributed by atoms with van der Waals surface area (Å²) in [7, 11) is 0. The van der Waals surface area contributed by atoms with Gasteiger partial charge in [-0.3, -0.25) is 4.79 Å². The minimum Gasteiger partial charge on any atom is -0.465 e. The SMILES string of the molecule is CC(C)SCCCCCCCCCCCC(=O)OCC1CC[C@H]2[C@@H]3CCC4C(C)[N+](=O)CC[C@]4(C)[C@H]3CC[C@]12C. The Labute approximate surface area is 250 Å². The van der Waals surface area contributed by atoms with Crippen molar-refractivity contribution in [3.05, 3.63) is 4.91 Å². The molecule has 40 heavy (non-hydrogen) atoms. The van der Waals surface area contributed by atoms with Crippen LogP contribution in [0.25, 0.3) is 0 Å². The normalized spacial score (nSPS) is 37.2. The third-order valence-electron chi connectivity index (χ3n) is 12.5. The number of carbonyl (C=O) groups is 1. The van der Waals surface area contributed by atoms with Gasteiger partial charge in [-0.1, -0.05) is 72.6 Å². The highest BCUT2D eigenvalue weighted by Gasteiger charge is 2.62. The standard InChI is InChI=1S/C35H62NO3S/c1-26(2)40-24-14-12-10-8-6-7-9-11-13-15-33(37)39-25-28-16-18-31-29-17-19-30-27(3)36(38)23-22-35(30,5)32(29)20-21-34(28,31)4/h26-32H,6-25H2,1-5H3/q+1/t27?,28?,29-,30?,31-,32-,34+,35-/m0/s1. The van der Waals surface area contributed by atoms with E-state index in [-0.39, 0.29) is 12.0 Å². The number of hydrogen-bond donors (Lipinski definition) is 0. The maximum atomic E-state index is 12.6. The minimum absolute atomic E-state index is 0.0337. The average molecular weight is 577 g/mol. The summed E-state index contributed by atoms with van der Waals surface area (Å²) < 4.78 is 7.31. The number of piperidine rings is 1.